The first-order chi connectivity index (χ1) is 6.76. The molecule has 14 heavy (non-hydrogen) atoms. The Bertz CT molecular complexity index is 254. The van der Waals surface area contributed by atoms with Gasteiger partial charge in [-0.25, -0.2) is 0 Å². The van der Waals surface area contributed by atoms with E-state index in [0.29, 0.717) is 12.5 Å². The maximum atomic E-state index is 8.91. The highest BCUT2D eigenvalue weighted by atomic mass is 16.5. The quantitative estimate of drug-likeness (QED) is 0.779. The molecule has 1 aromatic rings. The van der Waals surface area contributed by atoms with E-state index >= 15 is 0 Å². The van der Waals surface area contributed by atoms with Crippen LogP contribution >= 0.6 is 0 Å². The van der Waals surface area contributed by atoms with E-state index in [4.69, 9.17) is 9.84 Å². The summed E-state index contributed by atoms with van der Waals surface area (Å²) in [4.78, 5) is 0. The Morgan fingerprint density at radius 2 is 1.93 bits per heavy atom. The molecule has 1 rings (SSSR count). The zero-order valence-electron chi connectivity index (χ0n) is 8.86. The van der Waals surface area contributed by atoms with E-state index in [1.165, 1.54) is 5.56 Å². The van der Waals surface area contributed by atoms with Crippen LogP contribution in [-0.2, 0) is 6.42 Å². The molecule has 2 heteroatoms. The summed E-state index contributed by atoms with van der Waals surface area (Å²) >= 11 is 0. The zero-order chi connectivity index (χ0) is 10.4. The van der Waals surface area contributed by atoms with Gasteiger partial charge in [-0.1, -0.05) is 19.1 Å². The molecule has 0 spiro atoms. The lowest BCUT2D eigenvalue weighted by Gasteiger charge is -2.08. The van der Waals surface area contributed by atoms with Crippen molar-refractivity contribution in [2.45, 2.75) is 20.3 Å². The van der Waals surface area contributed by atoms with Crippen LogP contribution in [0.15, 0.2) is 24.3 Å². The molecule has 0 fully saturated rings. The maximum Gasteiger partial charge on any atom is 0.119 e. The van der Waals surface area contributed by atoms with Crippen LogP contribution in [0.3, 0.4) is 0 Å². The third kappa shape index (κ3) is 3.38. The first kappa shape index (κ1) is 11.1. The molecule has 0 radical (unpaired) electrons. The van der Waals surface area contributed by atoms with E-state index in [2.05, 4.69) is 12.1 Å². The number of ether oxygens (including phenoxy) is 1. The largest absolute Gasteiger partial charge is 0.494 e. The Kier molecular flexibility index (Phi) is 4.47. The first-order valence-corrected chi connectivity index (χ1v) is 5.08. The molecule has 2 nitrogen and oxygen atoms in total. The Balaban J connectivity index is 2.54. The van der Waals surface area contributed by atoms with E-state index < -0.39 is 0 Å². The van der Waals surface area contributed by atoms with Gasteiger partial charge in [0.1, 0.15) is 5.75 Å². The SMILES string of the molecule is CCOc1ccc(CC(C)CO)cc1. The molecule has 0 saturated carbocycles. The highest BCUT2D eigenvalue weighted by Crippen LogP contribution is 2.14. The van der Waals surface area contributed by atoms with E-state index in [0.717, 1.165) is 12.2 Å². The summed E-state index contributed by atoms with van der Waals surface area (Å²) in [7, 11) is 0. The van der Waals surface area contributed by atoms with E-state index in [1.54, 1.807) is 0 Å². The standard InChI is InChI=1S/C12H18O2/c1-3-14-12-6-4-11(5-7-12)8-10(2)9-13/h4-7,10,13H,3,8-9H2,1-2H3. The van der Waals surface area contributed by atoms with Crippen molar-refractivity contribution in [3.63, 3.8) is 0 Å². The molecule has 1 aromatic carbocycles. The van der Waals surface area contributed by atoms with Gasteiger partial charge in [0.25, 0.3) is 0 Å². The third-order valence-electron chi connectivity index (χ3n) is 2.13. The highest BCUT2D eigenvalue weighted by molar-refractivity contribution is 5.27. The lowest BCUT2D eigenvalue weighted by Crippen LogP contribution is -2.04. The average molecular weight is 194 g/mol. The summed E-state index contributed by atoms with van der Waals surface area (Å²) in [5, 5.41) is 8.91. The van der Waals surface area contributed by atoms with Crippen molar-refractivity contribution in [2.75, 3.05) is 13.2 Å². The number of aliphatic hydroxyl groups is 1. The number of benzene rings is 1. The van der Waals surface area contributed by atoms with Crippen LogP contribution in [0.5, 0.6) is 5.75 Å². The second kappa shape index (κ2) is 5.66. The van der Waals surface area contributed by atoms with Crippen LogP contribution in [0.4, 0.5) is 0 Å². The van der Waals surface area contributed by atoms with Crippen LogP contribution in [0.2, 0.25) is 0 Å². The maximum absolute atomic E-state index is 8.91. The molecule has 1 unspecified atom stereocenters. The molecule has 0 heterocycles. The molecule has 0 aliphatic rings. The van der Waals surface area contributed by atoms with Gasteiger partial charge in [-0.15, -0.1) is 0 Å². The van der Waals surface area contributed by atoms with Crippen molar-refractivity contribution in [3.8, 4) is 5.75 Å². The average Bonchev–Trinajstić information content (AvgIpc) is 2.21. The van der Waals surface area contributed by atoms with Crippen LogP contribution in [0, 0.1) is 5.92 Å². The lowest BCUT2D eigenvalue weighted by molar-refractivity contribution is 0.237. The van der Waals surface area contributed by atoms with Gasteiger partial charge in [0.2, 0.25) is 0 Å². The fourth-order valence-electron chi connectivity index (χ4n) is 1.36. The fraction of sp³-hybridized carbons (Fsp3) is 0.500. The second-order valence-corrected chi connectivity index (χ2v) is 3.57. The predicted molar refractivity (Wildman–Crippen MR) is 57.6 cm³/mol. The monoisotopic (exact) mass is 194 g/mol. The smallest absolute Gasteiger partial charge is 0.119 e. The molecule has 0 aliphatic carbocycles. The Morgan fingerprint density at radius 1 is 1.29 bits per heavy atom. The second-order valence-electron chi connectivity index (χ2n) is 3.57. The van der Waals surface area contributed by atoms with E-state index in [9.17, 15) is 0 Å². The van der Waals surface area contributed by atoms with Crippen LogP contribution < -0.4 is 4.74 Å². The van der Waals surface area contributed by atoms with Crippen molar-refractivity contribution in [1.82, 2.24) is 0 Å². The van der Waals surface area contributed by atoms with Crippen LogP contribution in [0.1, 0.15) is 19.4 Å². The zero-order valence-corrected chi connectivity index (χ0v) is 8.86. The Hall–Kier alpha value is -1.02. The summed E-state index contributed by atoms with van der Waals surface area (Å²) in [6.45, 7) is 4.96. The fourth-order valence-corrected chi connectivity index (χ4v) is 1.36. The Labute approximate surface area is 85.5 Å². The molecule has 1 N–H and O–H groups in total. The van der Waals surface area contributed by atoms with Gasteiger partial charge >= 0.3 is 0 Å². The van der Waals surface area contributed by atoms with Crippen molar-refractivity contribution in [3.05, 3.63) is 29.8 Å². The van der Waals surface area contributed by atoms with Crippen LogP contribution in [0.25, 0.3) is 0 Å². The highest BCUT2D eigenvalue weighted by Gasteiger charge is 2.01. The minimum absolute atomic E-state index is 0.243. The summed E-state index contributed by atoms with van der Waals surface area (Å²) in [6.07, 6.45) is 0.920. The molecule has 78 valence electrons. The van der Waals surface area contributed by atoms with Crippen LogP contribution in [-0.4, -0.2) is 18.3 Å². The van der Waals surface area contributed by atoms with Crippen molar-refractivity contribution < 1.29 is 9.84 Å². The van der Waals surface area contributed by atoms with E-state index in [1.807, 2.05) is 26.0 Å². The first-order valence-electron chi connectivity index (χ1n) is 5.08. The Morgan fingerprint density at radius 3 is 2.43 bits per heavy atom. The van der Waals surface area contributed by atoms with Gasteiger partial charge in [-0.2, -0.15) is 0 Å². The van der Waals surface area contributed by atoms with Gasteiger partial charge in [-0.05, 0) is 37.0 Å². The van der Waals surface area contributed by atoms with Gasteiger partial charge in [0, 0.05) is 6.61 Å². The summed E-state index contributed by atoms with van der Waals surface area (Å²) in [5.41, 5.74) is 1.25. The minimum Gasteiger partial charge on any atom is -0.494 e. The molecule has 0 bridgehead atoms. The summed E-state index contributed by atoms with van der Waals surface area (Å²) < 4.78 is 5.34. The molecule has 1 atom stereocenters. The number of hydrogen-bond acceptors (Lipinski definition) is 2. The third-order valence-corrected chi connectivity index (χ3v) is 2.13. The number of aliphatic hydroxyl groups excluding tert-OH is 1. The van der Waals surface area contributed by atoms with Crippen molar-refractivity contribution >= 4 is 0 Å². The minimum atomic E-state index is 0.243. The van der Waals surface area contributed by atoms with Crippen molar-refractivity contribution in [1.29, 1.82) is 0 Å². The molecule has 0 amide bonds. The van der Waals surface area contributed by atoms with Crippen molar-refractivity contribution in [2.24, 2.45) is 5.92 Å². The van der Waals surface area contributed by atoms with Gasteiger partial charge in [-0.3, -0.25) is 0 Å². The van der Waals surface area contributed by atoms with Gasteiger partial charge < -0.3 is 9.84 Å². The number of rotatable bonds is 5. The van der Waals surface area contributed by atoms with E-state index in [-0.39, 0.29) is 6.61 Å². The summed E-state index contributed by atoms with van der Waals surface area (Å²) in [5.74, 6) is 1.24. The lowest BCUT2D eigenvalue weighted by atomic mass is 10.0. The topological polar surface area (TPSA) is 29.5 Å². The molecule has 0 saturated heterocycles. The molecular formula is C12H18O2. The molecule has 0 aliphatic heterocycles. The molecular weight excluding hydrogens is 176 g/mol. The number of hydrogen-bond donors (Lipinski definition) is 1. The predicted octanol–water partition coefficient (Wildman–Crippen LogP) is 2.26. The normalized spacial score (nSPS) is 12.5. The summed E-state index contributed by atoms with van der Waals surface area (Å²) in [6, 6.07) is 8.06. The van der Waals surface area contributed by atoms with Gasteiger partial charge in [0.15, 0.2) is 0 Å². The van der Waals surface area contributed by atoms with Gasteiger partial charge in [0.05, 0.1) is 6.61 Å². The molecule has 0 aromatic heterocycles.